The number of aliphatic hydroxyl groups is 1. The van der Waals surface area contributed by atoms with Crippen molar-refractivity contribution >= 4 is 21.0 Å². The Morgan fingerprint density at radius 3 is 1.77 bits per heavy atom. The van der Waals surface area contributed by atoms with E-state index < -0.39 is 39.0 Å². The zero-order chi connectivity index (χ0) is 30.7. The third-order valence-corrected chi connectivity index (χ3v) is 11.9. The first kappa shape index (κ1) is 32.0. The van der Waals surface area contributed by atoms with Crippen molar-refractivity contribution in [2.75, 3.05) is 13.2 Å². The van der Waals surface area contributed by atoms with Crippen LogP contribution < -0.4 is 0 Å². The molecule has 7 rings (SSSR count). The van der Waals surface area contributed by atoms with Crippen molar-refractivity contribution in [1.29, 1.82) is 0 Å². The molecule has 4 saturated carbocycles. The molecule has 43 heavy (non-hydrogen) atoms. The Kier molecular flexibility index (Phi) is 9.92. The van der Waals surface area contributed by atoms with Gasteiger partial charge in [-0.3, -0.25) is 4.55 Å². The Bertz CT molecular complexity index is 1380. The van der Waals surface area contributed by atoms with Crippen LogP contribution in [0.5, 0.6) is 0 Å². The quantitative estimate of drug-likeness (QED) is 0.180. The van der Waals surface area contributed by atoms with E-state index in [9.17, 15) is 26.7 Å². The maximum Gasteiger partial charge on any atom is 0.392 e. The lowest BCUT2D eigenvalue weighted by Gasteiger charge is -2.57. The molecule has 4 aliphatic carbocycles. The van der Waals surface area contributed by atoms with E-state index in [1.165, 1.54) is 25.3 Å². The van der Waals surface area contributed by atoms with Crippen molar-refractivity contribution in [3.63, 3.8) is 0 Å². The minimum absolute atomic E-state index is 0.100. The molecule has 3 aromatic rings. The number of hydrogen-bond donors (Lipinski definition) is 2. The van der Waals surface area contributed by atoms with Crippen LogP contribution in [0.15, 0.2) is 99.6 Å². The lowest BCUT2D eigenvalue weighted by atomic mass is 9.48. The van der Waals surface area contributed by atoms with Crippen LogP contribution in [0.25, 0.3) is 0 Å². The Hall–Kier alpha value is -2.37. The summed E-state index contributed by atoms with van der Waals surface area (Å²) in [5, 5.41) is 5.79. The summed E-state index contributed by atoms with van der Waals surface area (Å²) < 4.78 is 74.4. The first-order valence-corrected chi connectivity index (χ1v) is 17.3. The fourth-order valence-corrected chi connectivity index (χ4v) is 9.95. The Labute approximate surface area is 254 Å². The number of halogens is 3. The highest BCUT2D eigenvalue weighted by molar-refractivity contribution is 7.97. The van der Waals surface area contributed by atoms with Crippen LogP contribution in [0.2, 0.25) is 0 Å². The van der Waals surface area contributed by atoms with Gasteiger partial charge in [-0.1, -0.05) is 48.5 Å². The summed E-state index contributed by atoms with van der Waals surface area (Å²) in [7, 11) is -5.89. The summed E-state index contributed by atoms with van der Waals surface area (Å²) in [6.07, 6.45) is 6.77. The van der Waals surface area contributed by atoms with E-state index in [4.69, 9.17) is 4.55 Å². The molecule has 0 radical (unpaired) electrons. The second kappa shape index (κ2) is 13.3. The van der Waals surface area contributed by atoms with E-state index >= 15 is 0 Å². The second-order valence-electron chi connectivity index (χ2n) is 12.3. The molecule has 0 saturated heterocycles. The zero-order valence-corrected chi connectivity index (χ0v) is 25.5. The molecule has 0 spiro atoms. The van der Waals surface area contributed by atoms with Crippen molar-refractivity contribution in [2.45, 2.75) is 71.0 Å². The second-order valence-corrected chi connectivity index (χ2v) is 15.8. The molecule has 2 N–H and O–H groups in total. The average Bonchev–Trinajstić information content (AvgIpc) is 2.94. The molecule has 0 heterocycles. The van der Waals surface area contributed by atoms with Crippen LogP contribution in [0.4, 0.5) is 13.2 Å². The molecule has 1 atom stereocenters. The standard InChI is InChI=1S/C18H14FS.C15H24F2O5S/c19-17-13-7-8-14-18(17)20(15-9-3-1-4-10-15)16-11-5-2-6-12-16;16-15(17,23(19,20)21)9-22-8-13(18)7-14-4-10-1-11(5-14)3-12(2-10)6-14/h1-14H;10-13,18H,1-9H2,(H,19,20,21)/q+1;. The number of ether oxygens (including phenoxy) is 1. The highest BCUT2D eigenvalue weighted by Crippen LogP contribution is 2.61. The smallest absolute Gasteiger partial charge is 0.391 e. The topological polar surface area (TPSA) is 83.8 Å². The molecule has 10 heteroatoms. The maximum atomic E-state index is 14.2. The lowest BCUT2D eigenvalue weighted by Crippen LogP contribution is -2.47. The molecule has 5 nitrogen and oxygen atoms in total. The Morgan fingerprint density at radius 1 is 0.837 bits per heavy atom. The van der Waals surface area contributed by atoms with E-state index in [2.05, 4.69) is 29.0 Å². The first-order chi connectivity index (χ1) is 20.4. The number of aliphatic hydroxyl groups excluding tert-OH is 1. The average molecular weight is 636 g/mol. The highest BCUT2D eigenvalue weighted by atomic mass is 32.2. The van der Waals surface area contributed by atoms with Gasteiger partial charge in [-0.05, 0) is 105 Å². The van der Waals surface area contributed by atoms with Crippen molar-refractivity contribution in [1.82, 2.24) is 0 Å². The van der Waals surface area contributed by atoms with E-state index in [-0.39, 0.29) is 17.8 Å². The van der Waals surface area contributed by atoms with Crippen molar-refractivity contribution in [3.05, 3.63) is 90.7 Å². The van der Waals surface area contributed by atoms with Gasteiger partial charge in [0.2, 0.25) is 4.90 Å². The van der Waals surface area contributed by atoms with Crippen molar-refractivity contribution < 1.29 is 36.0 Å². The van der Waals surface area contributed by atoms with Gasteiger partial charge in [0.15, 0.2) is 15.6 Å². The van der Waals surface area contributed by atoms with E-state index in [1.54, 1.807) is 6.07 Å². The summed E-state index contributed by atoms with van der Waals surface area (Å²) in [5.74, 6) is 2.05. The van der Waals surface area contributed by atoms with Crippen LogP contribution in [-0.4, -0.2) is 42.6 Å². The van der Waals surface area contributed by atoms with E-state index in [0.717, 1.165) is 51.7 Å². The molecular weight excluding hydrogens is 597 g/mol. The van der Waals surface area contributed by atoms with Gasteiger partial charge in [-0.2, -0.15) is 17.2 Å². The van der Waals surface area contributed by atoms with Crippen LogP contribution >= 0.6 is 0 Å². The largest absolute Gasteiger partial charge is 0.392 e. The van der Waals surface area contributed by atoms with Gasteiger partial charge in [-0.25, -0.2) is 4.39 Å². The number of benzene rings is 3. The molecule has 0 aromatic heterocycles. The lowest BCUT2D eigenvalue weighted by molar-refractivity contribution is -0.0951. The first-order valence-electron chi connectivity index (χ1n) is 14.6. The molecule has 232 valence electrons. The SMILES string of the molecule is Fc1ccccc1[S+](c1ccccc1)c1ccccc1.O=S(=O)(O)C(F)(F)COCC(O)CC12CC3CC(CC(C3)C1)C2. The monoisotopic (exact) mass is 635 g/mol. The molecule has 0 amide bonds. The van der Waals surface area contributed by atoms with E-state index in [1.807, 2.05) is 48.5 Å². The normalized spacial score (nSPS) is 25.3. The highest BCUT2D eigenvalue weighted by Gasteiger charge is 2.51. The summed E-state index contributed by atoms with van der Waals surface area (Å²) in [6, 6.07) is 27.2. The summed E-state index contributed by atoms with van der Waals surface area (Å²) in [6.45, 7) is -1.78. The van der Waals surface area contributed by atoms with Crippen LogP contribution in [0.3, 0.4) is 0 Å². The van der Waals surface area contributed by atoms with Gasteiger partial charge in [0.1, 0.15) is 17.5 Å². The third kappa shape index (κ3) is 7.84. The van der Waals surface area contributed by atoms with Gasteiger partial charge in [0, 0.05) is 0 Å². The minimum atomic E-state index is -5.48. The van der Waals surface area contributed by atoms with Gasteiger partial charge in [0.25, 0.3) is 0 Å². The fraction of sp³-hybridized carbons (Fsp3) is 0.455. The fourth-order valence-electron chi connectivity index (χ4n) is 7.60. The number of rotatable bonds is 10. The van der Waals surface area contributed by atoms with E-state index in [0.29, 0.717) is 6.42 Å². The van der Waals surface area contributed by atoms with Gasteiger partial charge >= 0.3 is 15.4 Å². The maximum absolute atomic E-state index is 14.2. The zero-order valence-electron chi connectivity index (χ0n) is 23.8. The minimum Gasteiger partial charge on any atom is -0.391 e. The van der Waals surface area contributed by atoms with Gasteiger partial charge in [0.05, 0.1) is 12.7 Å². The predicted molar refractivity (Wildman–Crippen MR) is 160 cm³/mol. The molecule has 0 aliphatic heterocycles. The van der Waals surface area contributed by atoms with Crippen LogP contribution in [0.1, 0.15) is 44.9 Å². The summed E-state index contributed by atoms with van der Waals surface area (Å²) in [4.78, 5) is 3.00. The van der Waals surface area contributed by atoms with Crippen molar-refractivity contribution in [3.8, 4) is 0 Å². The van der Waals surface area contributed by atoms with Gasteiger partial charge in [-0.15, -0.1) is 0 Å². The molecular formula is C33H38F3O5S2+. The van der Waals surface area contributed by atoms with Crippen LogP contribution in [0, 0.1) is 29.0 Å². The molecule has 4 bridgehead atoms. The summed E-state index contributed by atoms with van der Waals surface area (Å²) >= 11 is 0. The predicted octanol–water partition coefficient (Wildman–Crippen LogP) is 7.37. The molecule has 4 aliphatic rings. The Balaban J connectivity index is 0.000000173. The van der Waals surface area contributed by atoms with Crippen molar-refractivity contribution in [2.24, 2.45) is 23.2 Å². The molecule has 3 aromatic carbocycles. The molecule has 4 fully saturated rings. The van der Waals surface area contributed by atoms with Gasteiger partial charge < -0.3 is 9.84 Å². The Morgan fingerprint density at radius 2 is 1.30 bits per heavy atom. The number of alkyl halides is 2. The molecule has 1 unspecified atom stereocenters. The summed E-state index contributed by atoms with van der Waals surface area (Å²) in [5.41, 5.74) is 0.100. The number of hydrogen-bond acceptors (Lipinski definition) is 4. The third-order valence-electron chi connectivity index (χ3n) is 8.81. The van der Waals surface area contributed by atoms with Crippen LogP contribution in [-0.2, 0) is 25.7 Å².